The topological polar surface area (TPSA) is 15.5 Å². The molecule has 0 bridgehead atoms. The Balaban J connectivity index is 1.25. The van der Waals surface area contributed by atoms with E-state index in [1.165, 1.54) is 66.9 Å². The predicted molar refractivity (Wildman–Crippen MR) is 237 cm³/mol. The third-order valence-electron chi connectivity index (χ3n) is 12.4. The minimum Gasteiger partial charge on any atom is -0.497 e. The summed E-state index contributed by atoms with van der Waals surface area (Å²) in [6.07, 6.45) is 10.6. The van der Waals surface area contributed by atoms with Gasteiger partial charge in [0.25, 0.3) is 0 Å². The summed E-state index contributed by atoms with van der Waals surface area (Å²) in [5.74, 6) is 0.879. The summed E-state index contributed by atoms with van der Waals surface area (Å²) >= 11 is 0. The molecule has 2 aliphatic rings. The van der Waals surface area contributed by atoms with Gasteiger partial charge in [0.05, 0.1) is 12.5 Å². The molecule has 7 aromatic carbocycles. The van der Waals surface area contributed by atoms with Crippen molar-refractivity contribution in [1.29, 1.82) is 0 Å². The number of allylic oxidation sites excluding steroid dienone is 4. The van der Waals surface area contributed by atoms with E-state index in [2.05, 4.69) is 218 Å². The minimum absolute atomic E-state index is 0.328. The second-order valence-corrected chi connectivity index (χ2v) is 15.8. The van der Waals surface area contributed by atoms with Gasteiger partial charge >= 0.3 is 0 Å². The molecule has 0 amide bonds. The van der Waals surface area contributed by atoms with Crippen LogP contribution in [-0.2, 0) is 36.5 Å². The Bertz CT molecular complexity index is 2540. The first-order chi connectivity index (χ1) is 28.0. The third kappa shape index (κ3) is 6.57. The van der Waals surface area contributed by atoms with E-state index in [1.807, 2.05) is 0 Å². The summed E-state index contributed by atoms with van der Waals surface area (Å²) in [6.45, 7) is 0. The molecule has 0 aliphatic carbocycles. The van der Waals surface area contributed by atoms with Gasteiger partial charge in [0.15, 0.2) is 5.71 Å². The molecule has 0 saturated heterocycles. The maximum Gasteiger partial charge on any atom is 0.210 e. The highest BCUT2D eigenvalue weighted by molar-refractivity contribution is 6.08. The van der Waals surface area contributed by atoms with Gasteiger partial charge < -0.3 is 9.64 Å². The lowest BCUT2D eigenvalue weighted by Crippen LogP contribution is -2.39. The standard InChI is InChI=1S/C54H49N2O/c1-55-48-34-32-45(57-3)35-47(48)53(36-40-19-8-4-9-20-40,37-41-21-10-5-11-22-41)50(55)29-18-30-51-54(38-42-23-12-6-13-24-42,39-43-25-14-7-15-26-43)52-46-28-17-16-27-44(46)31-33-49(52)56(51)2/h4-35H,36-39H2,1-3H3/q+1. The second kappa shape index (κ2) is 15.2. The van der Waals surface area contributed by atoms with Crippen LogP contribution in [0.25, 0.3) is 10.8 Å². The average Bonchev–Trinajstić information content (AvgIpc) is 3.61. The fourth-order valence-corrected chi connectivity index (χ4v) is 9.93. The van der Waals surface area contributed by atoms with Gasteiger partial charge in [-0.25, -0.2) is 0 Å². The summed E-state index contributed by atoms with van der Waals surface area (Å²) < 4.78 is 8.35. The van der Waals surface area contributed by atoms with E-state index in [1.54, 1.807) is 7.11 Å². The Morgan fingerprint density at radius 2 is 1.09 bits per heavy atom. The van der Waals surface area contributed by atoms with E-state index in [0.717, 1.165) is 31.4 Å². The Kier molecular flexibility index (Phi) is 9.68. The molecule has 3 nitrogen and oxygen atoms in total. The fourth-order valence-electron chi connectivity index (χ4n) is 9.93. The van der Waals surface area contributed by atoms with Crippen LogP contribution < -0.4 is 9.64 Å². The number of nitrogens with zero attached hydrogens (tertiary/aromatic N) is 2. The van der Waals surface area contributed by atoms with E-state index in [9.17, 15) is 0 Å². The smallest absolute Gasteiger partial charge is 0.210 e. The molecule has 0 saturated carbocycles. The summed E-state index contributed by atoms with van der Waals surface area (Å²) in [6, 6.07) is 64.2. The van der Waals surface area contributed by atoms with Crippen LogP contribution in [0.4, 0.5) is 11.4 Å². The number of hydrogen-bond acceptors (Lipinski definition) is 2. The molecule has 9 rings (SSSR count). The molecule has 7 aromatic rings. The molecular formula is C54H49N2O+. The summed E-state index contributed by atoms with van der Waals surface area (Å²) in [4.78, 5) is 2.41. The van der Waals surface area contributed by atoms with E-state index in [4.69, 9.17) is 4.74 Å². The highest BCUT2D eigenvalue weighted by Gasteiger charge is 2.51. The summed E-state index contributed by atoms with van der Waals surface area (Å²) in [7, 11) is 6.26. The van der Waals surface area contributed by atoms with Crippen molar-refractivity contribution in [2.45, 2.75) is 36.5 Å². The van der Waals surface area contributed by atoms with E-state index >= 15 is 0 Å². The van der Waals surface area contributed by atoms with Crippen LogP contribution in [-0.4, -0.2) is 31.5 Å². The van der Waals surface area contributed by atoms with E-state index in [0.29, 0.717) is 0 Å². The number of anilines is 1. The lowest BCUT2D eigenvalue weighted by molar-refractivity contribution is -0.401. The first kappa shape index (κ1) is 36.2. The molecule has 0 N–H and O–H groups in total. The molecule has 0 spiro atoms. The molecule has 0 radical (unpaired) electrons. The normalized spacial score (nSPS) is 16.1. The Morgan fingerprint density at radius 1 is 0.579 bits per heavy atom. The Morgan fingerprint density at radius 3 is 1.63 bits per heavy atom. The maximum atomic E-state index is 5.89. The SMILES string of the molecule is COc1ccc2c(c1)C(Cc1ccccc1)(Cc1ccccc1)/C(=C\C=C\C1=[N+](C)c3ccc4ccccc4c3C1(Cc1ccccc1)Cc1ccccc1)N2C. The number of rotatable bonds is 11. The Hall–Kier alpha value is -6.45. The molecule has 280 valence electrons. The van der Waals surface area contributed by atoms with E-state index in [-0.39, 0.29) is 10.8 Å². The monoisotopic (exact) mass is 741 g/mol. The number of ether oxygens (including phenoxy) is 1. The molecule has 57 heavy (non-hydrogen) atoms. The zero-order valence-electron chi connectivity index (χ0n) is 33.1. The van der Waals surface area contributed by atoms with Gasteiger partial charge in [-0.2, -0.15) is 4.58 Å². The van der Waals surface area contributed by atoms with Crippen molar-refractivity contribution in [2.24, 2.45) is 0 Å². The first-order valence-electron chi connectivity index (χ1n) is 20.1. The van der Waals surface area contributed by atoms with Gasteiger partial charge in [-0.1, -0.05) is 152 Å². The molecule has 3 heteroatoms. The van der Waals surface area contributed by atoms with Crippen molar-refractivity contribution < 1.29 is 9.31 Å². The maximum absolute atomic E-state index is 5.89. The molecule has 2 heterocycles. The van der Waals surface area contributed by atoms with Crippen molar-refractivity contribution in [3.05, 3.63) is 233 Å². The van der Waals surface area contributed by atoms with Gasteiger partial charge in [-0.15, -0.1) is 0 Å². The summed E-state index contributed by atoms with van der Waals surface area (Å²) in [5.41, 5.74) is 12.4. The molecule has 2 aliphatic heterocycles. The molecule has 0 aromatic heterocycles. The van der Waals surface area contributed by atoms with Crippen molar-refractivity contribution in [3.63, 3.8) is 0 Å². The van der Waals surface area contributed by atoms with Gasteiger partial charge in [0.1, 0.15) is 12.8 Å². The number of likely N-dealkylation sites (N-methyl/N-ethyl adjacent to an activating group) is 1. The zero-order valence-corrected chi connectivity index (χ0v) is 33.1. The number of hydrogen-bond donors (Lipinski definition) is 0. The van der Waals surface area contributed by atoms with Crippen LogP contribution in [0, 0.1) is 0 Å². The van der Waals surface area contributed by atoms with E-state index < -0.39 is 0 Å². The van der Waals surface area contributed by atoms with Crippen LogP contribution in [0.5, 0.6) is 5.75 Å². The number of fused-ring (bicyclic) bond motifs is 4. The average molecular weight is 742 g/mol. The highest BCUT2D eigenvalue weighted by Crippen LogP contribution is 2.53. The first-order valence-corrected chi connectivity index (χ1v) is 20.1. The van der Waals surface area contributed by atoms with Crippen molar-refractivity contribution in [1.82, 2.24) is 0 Å². The van der Waals surface area contributed by atoms with Crippen LogP contribution in [0.2, 0.25) is 0 Å². The molecular weight excluding hydrogens is 693 g/mol. The zero-order chi connectivity index (χ0) is 38.8. The lowest BCUT2D eigenvalue weighted by Gasteiger charge is -2.34. The van der Waals surface area contributed by atoms with Gasteiger partial charge in [0.2, 0.25) is 5.69 Å². The highest BCUT2D eigenvalue weighted by atomic mass is 16.5. The molecule has 0 unspecified atom stereocenters. The van der Waals surface area contributed by atoms with Gasteiger partial charge in [-0.05, 0) is 94.6 Å². The van der Waals surface area contributed by atoms with Crippen LogP contribution in [0.15, 0.2) is 200 Å². The number of methoxy groups -OCH3 is 1. The van der Waals surface area contributed by atoms with Crippen LogP contribution >= 0.6 is 0 Å². The fraction of sp³-hybridized carbons (Fsp3) is 0.167. The lowest BCUT2D eigenvalue weighted by atomic mass is 9.67. The van der Waals surface area contributed by atoms with Crippen molar-refractivity contribution in [2.75, 3.05) is 26.1 Å². The van der Waals surface area contributed by atoms with Crippen LogP contribution in [0.3, 0.4) is 0 Å². The molecule has 0 atom stereocenters. The minimum atomic E-state index is -0.345. The summed E-state index contributed by atoms with van der Waals surface area (Å²) in [5, 5.41) is 2.59. The van der Waals surface area contributed by atoms with Crippen molar-refractivity contribution >= 4 is 27.9 Å². The second-order valence-electron chi connectivity index (χ2n) is 15.8. The van der Waals surface area contributed by atoms with Gasteiger partial charge in [-0.3, -0.25) is 0 Å². The Labute approximate surface area is 337 Å². The quantitative estimate of drug-likeness (QED) is 0.123. The van der Waals surface area contributed by atoms with Crippen LogP contribution in [0.1, 0.15) is 33.4 Å². The largest absolute Gasteiger partial charge is 0.497 e. The van der Waals surface area contributed by atoms with Gasteiger partial charge in [0, 0.05) is 41.6 Å². The molecule has 0 fully saturated rings. The van der Waals surface area contributed by atoms with Crippen molar-refractivity contribution in [3.8, 4) is 5.75 Å². The number of benzene rings is 7. The third-order valence-corrected chi connectivity index (χ3v) is 12.4. The predicted octanol–water partition coefficient (Wildman–Crippen LogP) is 11.6.